The van der Waals surface area contributed by atoms with Gasteiger partial charge in [-0.2, -0.15) is 4.31 Å². The van der Waals surface area contributed by atoms with Gasteiger partial charge in [-0.3, -0.25) is 4.79 Å². The molecule has 1 N–H and O–H groups in total. The van der Waals surface area contributed by atoms with Gasteiger partial charge in [0.05, 0.1) is 17.5 Å². The predicted octanol–water partition coefficient (Wildman–Crippen LogP) is 4.51. The number of halogens is 1. The molecule has 0 aromatic heterocycles. The molecular formula is C25H27FN2O3S. The summed E-state index contributed by atoms with van der Waals surface area (Å²) in [7, 11) is -3.90. The molecule has 0 saturated heterocycles. The topological polar surface area (TPSA) is 66.5 Å². The maximum atomic E-state index is 13.3. The first-order valence-corrected chi connectivity index (χ1v) is 11.8. The van der Waals surface area contributed by atoms with Crippen LogP contribution in [0.25, 0.3) is 0 Å². The Morgan fingerprint density at radius 3 is 2.00 bits per heavy atom. The van der Waals surface area contributed by atoms with Gasteiger partial charge in [-0.05, 0) is 56.2 Å². The zero-order valence-corrected chi connectivity index (χ0v) is 19.2. The Kier molecular flexibility index (Phi) is 7.43. The van der Waals surface area contributed by atoms with Gasteiger partial charge < -0.3 is 5.32 Å². The van der Waals surface area contributed by atoms with E-state index in [4.69, 9.17) is 0 Å². The molecule has 0 heterocycles. The molecular weight excluding hydrogens is 427 g/mol. The molecule has 0 aliphatic carbocycles. The van der Waals surface area contributed by atoms with E-state index in [1.807, 2.05) is 38.1 Å². The highest BCUT2D eigenvalue weighted by atomic mass is 32.2. The standard InChI is InChI=1S/C25H27FN2O3S/c1-18-4-8-21(9-5-18)16-28(32(30,31)24-14-6-19(2)7-15-24)17-25(29)27-20(3)22-10-12-23(26)13-11-22/h4-15,20H,16-17H2,1-3H3,(H,27,29)/t20-/m1/s1. The van der Waals surface area contributed by atoms with Crippen molar-refractivity contribution in [2.45, 2.75) is 38.3 Å². The Morgan fingerprint density at radius 1 is 0.906 bits per heavy atom. The van der Waals surface area contributed by atoms with E-state index >= 15 is 0 Å². The van der Waals surface area contributed by atoms with Crippen LogP contribution in [0.5, 0.6) is 0 Å². The van der Waals surface area contributed by atoms with Gasteiger partial charge in [0.25, 0.3) is 0 Å². The van der Waals surface area contributed by atoms with E-state index in [0.717, 1.165) is 22.3 Å². The molecule has 0 bridgehead atoms. The molecule has 5 nitrogen and oxygen atoms in total. The van der Waals surface area contributed by atoms with Crippen molar-refractivity contribution in [2.24, 2.45) is 0 Å². The van der Waals surface area contributed by atoms with Crippen LogP contribution in [0, 0.1) is 19.7 Å². The number of carbonyl (C=O) groups is 1. The van der Waals surface area contributed by atoms with E-state index in [9.17, 15) is 17.6 Å². The van der Waals surface area contributed by atoms with E-state index in [1.54, 1.807) is 43.3 Å². The summed E-state index contributed by atoms with van der Waals surface area (Å²) in [6.07, 6.45) is 0. The summed E-state index contributed by atoms with van der Waals surface area (Å²) in [5, 5.41) is 2.81. The first-order chi connectivity index (χ1) is 15.1. The largest absolute Gasteiger partial charge is 0.348 e. The molecule has 0 unspecified atom stereocenters. The quantitative estimate of drug-likeness (QED) is 0.545. The summed E-state index contributed by atoms with van der Waals surface area (Å²) in [4.78, 5) is 12.9. The zero-order chi connectivity index (χ0) is 23.3. The number of amides is 1. The lowest BCUT2D eigenvalue weighted by molar-refractivity contribution is -0.122. The molecule has 3 aromatic rings. The van der Waals surface area contributed by atoms with Gasteiger partial charge in [-0.25, -0.2) is 12.8 Å². The van der Waals surface area contributed by atoms with Crippen molar-refractivity contribution in [2.75, 3.05) is 6.54 Å². The molecule has 1 amide bonds. The lowest BCUT2D eigenvalue weighted by Gasteiger charge is -2.23. The smallest absolute Gasteiger partial charge is 0.243 e. The second-order valence-electron chi connectivity index (χ2n) is 7.91. The molecule has 0 aliphatic rings. The van der Waals surface area contributed by atoms with Crippen molar-refractivity contribution < 1.29 is 17.6 Å². The Bertz CT molecular complexity index is 1160. The van der Waals surface area contributed by atoms with E-state index in [2.05, 4.69) is 5.32 Å². The molecule has 0 aliphatic heterocycles. The van der Waals surface area contributed by atoms with Crippen LogP contribution in [0.1, 0.15) is 35.2 Å². The van der Waals surface area contributed by atoms with Gasteiger partial charge in [0.2, 0.25) is 15.9 Å². The van der Waals surface area contributed by atoms with Crippen molar-refractivity contribution in [1.29, 1.82) is 0 Å². The van der Waals surface area contributed by atoms with Crippen molar-refractivity contribution >= 4 is 15.9 Å². The Hall–Kier alpha value is -3.03. The minimum atomic E-state index is -3.90. The summed E-state index contributed by atoms with van der Waals surface area (Å²) < 4.78 is 41.0. The van der Waals surface area contributed by atoms with E-state index in [1.165, 1.54) is 16.4 Å². The molecule has 0 radical (unpaired) electrons. The number of carbonyl (C=O) groups excluding carboxylic acids is 1. The predicted molar refractivity (Wildman–Crippen MR) is 123 cm³/mol. The van der Waals surface area contributed by atoms with Gasteiger partial charge in [-0.1, -0.05) is 59.7 Å². The van der Waals surface area contributed by atoms with Crippen LogP contribution in [0.15, 0.2) is 77.7 Å². The number of sulfonamides is 1. The fraction of sp³-hybridized carbons (Fsp3) is 0.240. The monoisotopic (exact) mass is 454 g/mol. The number of hydrogen-bond donors (Lipinski definition) is 1. The van der Waals surface area contributed by atoms with Crippen LogP contribution in [0.3, 0.4) is 0 Å². The van der Waals surface area contributed by atoms with Crippen LogP contribution in [0.4, 0.5) is 4.39 Å². The number of benzene rings is 3. The molecule has 168 valence electrons. The lowest BCUT2D eigenvalue weighted by Crippen LogP contribution is -2.41. The average Bonchev–Trinajstić information content (AvgIpc) is 2.75. The summed E-state index contributed by atoms with van der Waals surface area (Å²) in [5.74, 6) is -0.801. The Morgan fingerprint density at radius 2 is 1.44 bits per heavy atom. The van der Waals surface area contributed by atoms with E-state index < -0.39 is 22.0 Å². The summed E-state index contributed by atoms with van der Waals surface area (Å²) in [5.41, 5.74) is 3.52. The first kappa shape index (κ1) is 23.6. The van der Waals surface area contributed by atoms with Gasteiger partial charge in [0.1, 0.15) is 5.82 Å². The Balaban J connectivity index is 1.82. The number of rotatable bonds is 8. The minimum absolute atomic E-state index is 0.0643. The normalized spacial score (nSPS) is 12.5. The van der Waals surface area contributed by atoms with Crippen LogP contribution in [-0.2, 0) is 21.4 Å². The van der Waals surface area contributed by atoms with Gasteiger partial charge in [-0.15, -0.1) is 0 Å². The fourth-order valence-corrected chi connectivity index (χ4v) is 4.65. The maximum Gasteiger partial charge on any atom is 0.243 e. The third-order valence-corrected chi connectivity index (χ3v) is 7.01. The van der Waals surface area contributed by atoms with Crippen LogP contribution in [-0.4, -0.2) is 25.2 Å². The fourth-order valence-electron chi connectivity index (χ4n) is 3.26. The van der Waals surface area contributed by atoms with Crippen molar-refractivity contribution in [3.8, 4) is 0 Å². The second kappa shape index (κ2) is 10.1. The first-order valence-electron chi connectivity index (χ1n) is 10.3. The number of hydrogen-bond acceptors (Lipinski definition) is 3. The third kappa shape index (κ3) is 6.02. The zero-order valence-electron chi connectivity index (χ0n) is 18.4. The molecule has 0 saturated carbocycles. The van der Waals surface area contributed by atoms with Crippen molar-refractivity contribution in [3.63, 3.8) is 0 Å². The summed E-state index contributed by atoms with van der Waals surface area (Å²) >= 11 is 0. The highest BCUT2D eigenvalue weighted by molar-refractivity contribution is 7.89. The number of nitrogens with zero attached hydrogens (tertiary/aromatic N) is 1. The molecule has 3 rings (SSSR count). The van der Waals surface area contributed by atoms with Gasteiger partial charge in [0.15, 0.2) is 0 Å². The number of aryl methyl sites for hydroxylation is 2. The van der Waals surface area contributed by atoms with Crippen LogP contribution >= 0.6 is 0 Å². The third-order valence-electron chi connectivity index (χ3n) is 5.21. The van der Waals surface area contributed by atoms with Crippen LogP contribution < -0.4 is 5.32 Å². The molecule has 0 fully saturated rings. The summed E-state index contributed by atoms with van der Waals surface area (Å²) in [6, 6.07) is 19.5. The minimum Gasteiger partial charge on any atom is -0.348 e. The van der Waals surface area contributed by atoms with Crippen molar-refractivity contribution in [3.05, 3.63) is 101 Å². The lowest BCUT2D eigenvalue weighted by atomic mass is 10.1. The Labute approximate surface area is 188 Å². The van der Waals surface area contributed by atoms with E-state index in [-0.39, 0.29) is 23.8 Å². The average molecular weight is 455 g/mol. The molecule has 1 atom stereocenters. The van der Waals surface area contributed by atoms with Gasteiger partial charge in [0, 0.05) is 6.54 Å². The van der Waals surface area contributed by atoms with Crippen molar-refractivity contribution in [1.82, 2.24) is 9.62 Å². The highest BCUT2D eigenvalue weighted by Crippen LogP contribution is 2.20. The van der Waals surface area contributed by atoms with Gasteiger partial charge >= 0.3 is 0 Å². The molecule has 0 spiro atoms. The van der Waals surface area contributed by atoms with E-state index in [0.29, 0.717) is 0 Å². The second-order valence-corrected chi connectivity index (χ2v) is 9.85. The maximum absolute atomic E-state index is 13.3. The highest BCUT2D eigenvalue weighted by Gasteiger charge is 2.27. The summed E-state index contributed by atoms with van der Waals surface area (Å²) in [6.45, 7) is 5.33. The molecule has 3 aromatic carbocycles. The molecule has 32 heavy (non-hydrogen) atoms. The SMILES string of the molecule is Cc1ccc(CN(CC(=O)N[C@H](C)c2ccc(F)cc2)S(=O)(=O)c2ccc(C)cc2)cc1. The number of nitrogens with one attached hydrogen (secondary N) is 1. The molecule has 7 heteroatoms. The van der Waals surface area contributed by atoms with Crippen LogP contribution in [0.2, 0.25) is 0 Å².